The van der Waals surface area contributed by atoms with E-state index in [0.29, 0.717) is 11.2 Å². The van der Waals surface area contributed by atoms with Crippen molar-refractivity contribution in [2.24, 2.45) is 52.3 Å². The summed E-state index contributed by atoms with van der Waals surface area (Å²) < 4.78 is 0. The van der Waals surface area contributed by atoms with E-state index in [1.807, 2.05) is 12.2 Å². The number of aliphatic hydroxyl groups is 1. The van der Waals surface area contributed by atoms with Gasteiger partial charge in [-0.3, -0.25) is 0 Å². The Balaban J connectivity index is 1.51. The second kappa shape index (κ2) is 7.61. The quantitative estimate of drug-likeness (QED) is 0.497. The van der Waals surface area contributed by atoms with Gasteiger partial charge in [0.05, 0.1) is 0 Å². The molecular formula is C28H44O. The lowest BCUT2D eigenvalue weighted by Gasteiger charge is -2.56. The standard InChI is InChI=1S/C28H44O/c1-18(2)19(3)7-8-20(4)24-11-12-25-23-10-9-21-17-22(29)13-15-27(21,5)26(23)14-16-28(24,25)6/h9,13,15,17-20,23-26,29H,7-8,10-12,14,16H2,1-6H3/t19-,20+,23-,24+,25-,26-,27-,28+/m0/s1. The average molecular weight is 397 g/mol. The smallest absolute Gasteiger partial charge is 0.115 e. The van der Waals surface area contributed by atoms with Crippen LogP contribution in [0.5, 0.6) is 0 Å². The zero-order valence-corrected chi connectivity index (χ0v) is 19.7. The van der Waals surface area contributed by atoms with Crippen molar-refractivity contribution < 1.29 is 5.11 Å². The molecule has 0 radical (unpaired) electrons. The number of rotatable bonds is 5. The maximum Gasteiger partial charge on any atom is 0.115 e. The lowest BCUT2D eigenvalue weighted by Crippen LogP contribution is -2.49. The largest absolute Gasteiger partial charge is 0.508 e. The fourth-order valence-electron chi connectivity index (χ4n) is 7.99. The third-order valence-electron chi connectivity index (χ3n) is 10.3. The van der Waals surface area contributed by atoms with E-state index in [2.05, 4.69) is 53.7 Å². The number of hydrogen-bond acceptors (Lipinski definition) is 1. The van der Waals surface area contributed by atoms with Gasteiger partial charge in [-0.25, -0.2) is 0 Å². The van der Waals surface area contributed by atoms with Crippen LogP contribution in [0.1, 0.15) is 86.5 Å². The third kappa shape index (κ3) is 3.45. The monoisotopic (exact) mass is 396 g/mol. The second-order valence-corrected chi connectivity index (χ2v) is 12.0. The molecule has 0 aromatic carbocycles. The van der Waals surface area contributed by atoms with Crippen molar-refractivity contribution in [2.45, 2.75) is 86.5 Å². The van der Waals surface area contributed by atoms with Crippen LogP contribution in [-0.2, 0) is 0 Å². The van der Waals surface area contributed by atoms with E-state index < -0.39 is 0 Å². The summed E-state index contributed by atoms with van der Waals surface area (Å²) >= 11 is 0. The van der Waals surface area contributed by atoms with E-state index in [1.165, 1.54) is 50.5 Å². The first-order valence-electron chi connectivity index (χ1n) is 12.5. The maximum absolute atomic E-state index is 10.0. The lowest BCUT2D eigenvalue weighted by atomic mass is 9.48. The summed E-state index contributed by atoms with van der Waals surface area (Å²) in [6.07, 6.45) is 18.4. The van der Waals surface area contributed by atoms with Gasteiger partial charge in [-0.2, -0.15) is 0 Å². The summed E-state index contributed by atoms with van der Waals surface area (Å²) in [7, 11) is 0. The van der Waals surface area contributed by atoms with E-state index in [4.69, 9.17) is 0 Å². The van der Waals surface area contributed by atoms with Crippen LogP contribution in [0.4, 0.5) is 0 Å². The summed E-state index contributed by atoms with van der Waals surface area (Å²) in [5.41, 5.74) is 2.04. The van der Waals surface area contributed by atoms with Gasteiger partial charge in [-0.05, 0) is 96.7 Å². The van der Waals surface area contributed by atoms with Crippen molar-refractivity contribution >= 4 is 0 Å². The van der Waals surface area contributed by atoms with Crippen LogP contribution in [0, 0.1) is 52.3 Å². The molecule has 0 saturated heterocycles. The molecule has 0 unspecified atom stereocenters. The molecule has 1 nitrogen and oxygen atoms in total. The Bertz CT molecular complexity index is 712. The highest BCUT2D eigenvalue weighted by atomic mass is 16.3. The van der Waals surface area contributed by atoms with Crippen LogP contribution in [0.25, 0.3) is 0 Å². The van der Waals surface area contributed by atoms with Crippen LogP contribution in [0.2, 0.25) is 0 Å². The van der Waals surface area contributed by atoms with Crippen molar-refractivity contribution in [3.8, 4) is 0 Å². The number of allylic oxidation sites excluding steroid dienone is 5. The van der Waals surface area contributed by atoms with Crippen LogP contribution in [0.15, 0.2) is 35.6 Å². The van der Waals surface area contributed by atoms with Crippen LogP contribution in [-0.4, -0.2) is 5.11 Å². The summed E-state index contributed by atoms with van der Waals surface area (Å²) in [5, 5.41) is 10.0. The number of fused-ring (bicyclic) bond motifs is 5. The molecule has 0 heterocycles. The lowest BCUT2D eigenvalue weighted by molar-refractivity contribution is -0.0325. The molecule has 29 heavy (non-hydrogen) atoms. The van der Waals surface area contributed by atoms with Gasteiger partial charge in [0.25, 0.3) is 0 Å². The summed E-state index contributed by atoms with van der Waals surface area (Å²) in [6, 6.07) is 0. The predicted octanol–water partition coefficient (Wildman–Crippen LogP) is 8.10. The minimum Gasteiger partial charge on any atom is -0.508 e. The van der Waals surface area contributed by atoms with Gasteiger partial charge in [-0.15, -0.1) is 0 Å². The highest BCUT2D eigenvalue weighted by Gasteiger charge is 2.58. The molecule has 2 saturated carbocycles. The van der Waals surface area contributed by atoms with Gasteiger partial charge in [-0.1, -0.05) is 66.5 Å². The fourth-order valence-corrected chi connectivity index (χ4v) is 7.99. The van der Waals surface area contributed by atoms with Gasteiger partial charge in [0, 0.05) is 5.41 Å². The molecule has 0 spiro atoms. The Morgan fingerprint density at radius 3 is 2.52 bits per heavy atom. The molecule has 4 aliphatic rings. The van der Waals surface area contributed by atoms with Gasteiger partial charge >= 0.3 is 0 Å². The zero-order chi connectivity index (χ0) is 21.0. The number of aliphatic hydroxyl groups excluding tert-OH is 1. The van der Waals surface area contributed by atoms with E-state index in [1.54, 1.807) is 0 Å². The Hall–Kier alpha value is -0.980. The molecule has 0 aromatic rings. The van der Waals surface area contributed by atoms with E-state index in [9.17, 15) is 5.11 Å². The summed E-state index contributed by atoms with van der Waals surface area (Å²) in [6.45, 7) is 14.9. The predicted molar refractivity (Wildman–Crippen MR) is 124 cm³/mol. The highest BCUT2D eigenvalue weighted by Crippen LogP contribution is 2.66. The Kier molecular flexibility index (Phi) is 5.58. The van der Waals surface area contributed by atoms with Gasteiger partial charge < -0.3 is 5.11 Å². The van der Waals surface area contributed by atoms with Crippen LogP contribution in [0.3, 0.4) is 0 Å². The molecule has 1 N–H and O–H groups in total. The first-order chi connectivity index (χ1) is 13.7. The molecule has 4 rings (SSSR count). The molecule has 1 heteroatoms. The van der Waals surface area contributed by atoms with Crippen molar-refractivity contribution in [1.82, 2.24) is 0 Å². The molecule has 0 amide bonds. The van der Waals surface area contributed by atoms with E-state index in [0.717, 1.165) is 41.4 Å². The summed E-state index contributed by atoms with van der Waals surface area (Å²) in [5.74, 6) is 6.33. The molecule has 0 aromatic heterocycles. The van der Waals surface area contributed by atoms with Gasteiger partial charge in [0.15, 0.2) is 0 Å². The first-order valence-corrected chi connectivity index (χ1v) is 12.5. The Morgan fingerprint density at radius 1 is 1.03 bits per heavy atom. The molecule has 162 valence electrons. The fraction of sp³-hybridized carbons (Fsp3) is 0.786. The minimum absolute atomic E-state index is 0.132. The molecule has 0 aliphatic heterocycles. The van der Waals surface area contributed by atoms with Gasteiger partial charge in [0.1, 0.15) is 5.76 Å². The minimum atomic E-state index is 0.132. The zero-order valence-electron chi connectivity index (χ0n) is 19.7. The first kappa shape index (κ1) is 21.3. The SMILES string of the molecule is CC(C)[C@@H](C)CC[C@@H](C)[C@H]1CC[C@H]2[C@@H]3CC=C4C=C(O)C=C[C@]4(C)[C@H]3CC[C@]12C. The number of hydrogen-bond donors (Lipinski definition) is 1. The Labute approximate surface area is 179 Å². The van der Waals surface area contributed by atoms with E-state index in [-0.39, 0.29) is 5.41 Å². The van der Waals surface area contributed by atoms with Crippen LogP contribution >= 0.6 is 0 Å². The molecule has 2 fully saturated rings. The van der Waals surface area contributed by atoms with Crippen molar-refractivity contribution in [3.63, 3.8) is 0 Å². The van der Waals surface area contributed by atoms with E-state index >= 15 is 0 Å². The van der Waals surface area contributed by atoms with Crippen molar-refractivity contribution in [1.29, 1.82) is 0 Å². The van der Waals surface area contributed by atoms with Crippen molar-refractivity contribution in [3.05, 3.63) is 35.6 Å². The third-order valence-corrected chi connectivity index (χ3v) is 10.3. The maximum atomic E-state index is 10.0. The van der Waals surface area contributed by atoms with Gasteiger partial charge in [0.2, 0.25) is 0 Å². The second-order valence-electron chi connectivity index (χ2n) is 12.0. The molecule has 8 atom stereocenters. The average Bonchev–Trinajstić information content (AvgIpc) is 3.03. The molecular weight excluding hydrogens is 352 g/mol. The van der Waals surface area contributed by atoms with Crippen LogP contribution < -0.4 is 0 Å². The summed E-state index contributed by atoms with van der Waals surface area (Å²) in [4.78, 5) is 0. The Morgan fingerprint density at radius 2 is 1.79 bits per heavy atom. The topological polar surface area (TPSA) is 20.2 Å². The van der Waals surface area contributed by atoms with Crippen molar-refractivity contribution in [2.75, 3.05) is 0 Å². The molecule has 4 aliphatic carbocycles. The molecule has 0 bridgehead atoms. The highest BCUT2D eigenvalue weighted by molar-refractivity contribution is 5.43. The normalized spacial score (nSPS) is 43.1.